The Labute approximate surface area is 243 Å². The van der Waals surface area contributed by atoms with Crippen molar-refractivity contribution in [2.45, 2.75) is 26.4 Å². The third-order valence-corrected chi connectivity index (χ3v) is 6.71. The summed E-state index contributed by atoms with van der Waals surface area (Å²) >= 11 is 1.37. The molecule has 2 aromatic carbocycles. The first-order valence-electron chi connectivity index (χ1n) is 12.7. The summed E-state index contributed by atoms with van der Waals surface area (Å²) in [7, 11) is 1.53. The molecule has 218 valence electrons. The third-order valence-electron chi connectivity index (χ3n) is 5.65. The number of anilines is 1. The number of ether oxygens (including phenoxy) is 4. The average molecular weight is 595 g/mol. The van der Waals surface area contributed by atoms with Crippen LogP contribution < -0.4 is 19.5 Å². The van der Waals surface area contributed by atoms with E-state index in [4.69, 9.17) is 18.9 Å². The summed E-state index contributed by atoms with van der Waals surface area (Å²) in [6.07, 6.45) is 3.45. The quantitative estimate of drug-likeness (QED) is 0.212. The number of carbonyl (C=O) groups is 1. The van der Waals surface area contributed by atoms with Crippen molar-refractivity contribution >= 4 is 44.4 Å². The van der Waals surface area contributed by atoms with Crippen LogP contribution in [-0.4, -0.2) is 68.7 Å². The summed E-state index contributed by atoms with van der Waals surface area (Å²) in [4.78, 5) is 33.6. The predicted molar refractivity (Wildman–Crippen MR) is 154 cm³/mol. The number of carbonyl (C=O) groups excluding carboxylic acids is 1. The lowest BCUT2D eigenvalue weighted by Gasteiger charge is -2.16. The second kappa shape index (κ2) is 12.0. The van der Waals surface area contributed by atoms with Crippen LogP contribution >= 0.6 is 11.3 Å². The maximum Gasteiger partial charge on any atom is 0.411 e. The molecule has 0 bridgehead atoms. The van der Waals surface area contributed by atoms with Gasteiger partial charge in [-0.05, 0) is 38.5 Å². The number of hydrogen-bond acceptors (Lipinski definition) is 12. The maximum absolute atomic E-state index is 14.8. The lowest BCUT2D eigenvalue weighted by atomic mass is 10.1. The Bertz CT molecular complexity index is 1740. The van der Waals surface area contributed by atoms with Crippen LogP contribution in [0.1, 0.15) is 19.4 Å². The monoisotopic (exact) mass is 594 g/mol. The molecule has 3 heterocycles. The number of aryl methyl sites for hydroxylation is 1. The van der Waals surface area contributed by atoms with Crippen LogP contribution in [0.3, 0.4) is 0 Å². The van der Waals surface area contributed by atoms with Crippen LogP contribution in [0.5, 0.6) is 17.6 Å². The highest BCUT2D eigenvalue weighted by molar-refractivity contribution is 7.21. The molecule has 0 radical (unpaired) electrons. The Morgan fingerprint density at radius 1 is 1.02 bits per heavy atom. The summed E-state index contributed by atoms with van der Waals surface area (Å²) in [6, 6.07) is 6.80. The van der Waals surface area contributed by atoms with Crippen LogP contribution in [0.15, 0.2) is 42.9 Å². The van der Waals surface area contributed by atoms with Crippen molar-refractivity contribution in [1.29, 1.82) is 0 Å². The van der Waals surface area contributed by atoms with Gasteiger partial charge in [0.05, 0.1) is 58.2 Å². The Hall–Kier alpha value is -4.69. The average Bonchev–Trinajstić information content (AvgIpc) is 3.36. The molecule has 12 nitrogen and oxygen atoms in total. The van der Waals surface area contributed by atoms with Gasteiger partial charge >= 0.3 is 12.1 Å². The highest BCUT2D eigenvalue weighted by atomic mass is 32.1. The van der Waals surface area contributed by atoms with Crippen molar-refractivity contribution in [2.75, 3.05) is 32.2 Å². The van der Waals surface area contributed by atoms with Gasteiger partial charge in [0.15, 0.2) is 11.6 Å². The van der Waals surface area contributed by atoms with Gasteiger partial charge in [-0.25, -0.2) is 34.1 Å². The zero-order valence-electron chi connectivity index (χ0n) is 23.2. The van der Waals surface area contributed by atoms with E-state index in [1.54, 1.807) is 26.1 Å². The molecule has 0 fully saturated rings. The normalized spacial score (nSPS) is 11.5. The van der Waals surface area contributed by atoms with Crippen LogP contribution in [0.2, 0.25) is 0 Å². The smallest absolute Gasteiger partial charge is 0.411 e. The highest BCUT2D eigenvalue weighted by Gasteiger charge is 2.17. The minimum atomic E-state index is -1.04. The third kappa shape index (κ3) is 6.95. The van der Waals surface area contributed by atoms with E-state index in [9.17, 15) is 14.3 Å². The Kier molecular flexibility index (Phi) is 8.27. The molecule has 0 aliphatic heterocycles. The van der Waals surface area contributed by atoms with Gasteiger partial charge < -0.3 is 24.1 Å². The van der Waals surface area contributed by atoms with E-state index in [0.717, 1.165) is 11.1 Å². The SMILES string of the molecule is COc1cnc2c(-c3nc4cc(F)c(OCCOC(=O)Nc5cnc(OCC(C)(C)O)nc5)cc4s3)cc(C)cc2n1. The summed E-state index contributed by atoms with van der Waals surface area (Å²) < 4.78 is 36.6. The lowest BCUT2D eigenvalue weighted by molar-refractivity contribution is 0.0250. The Morgan fingerprint density at radius 3 is 2.55 bits per heavy atom. The zero-order chi connectivity index (χ0) is 29.9. The van der Waals surface area contributed by atoms with Gasteiger partial charge in [0.25, 0.3) is 0 Å². The molecule has 0 aliphatic carbocycles. The molecule has 3 aromatic heterocycles. The number of methoxy groups -OCH3 is 1. The van der Waals surface area contributed by atoms with Gasteiger partial charge in [0, 0.05) is 17.7 Å². The molecule has 0 unspecified atom stereocenters. The number of amides is 1. The number of fused-ring (bicyclic) bond motifs is 2. The number of aromatic nitrogens is 5. The summed E-state index contributed by atoms with van der Waals surface area (Å²) in [5, 5.41) is 12.8. The van der Waals surface area contributed by atoms with Gasteiger partial charge in [-0.2, -0.15) is 0 Å². The standard InChI is InChI=1S/C28H27FN6O6S/c1-15-7-17(24-20(8-15)34-23(38-4)13-30-24)25-35-19-9-18(29)21(10-22(19)42-25)39-5-6-40-27(36)33-16-11-31-26(32-12-16)41-14-28(2,3)37/h7-13,37H,5-6,14H2,1-4H3,(H,33,36). The number of halogens is 1. The van der Waals surface area contributed by atoms with E-state index in [2.05, 4.69) is 30.2 Å². The van der Waals surface area contributed by atoms with Crippen molar-refractivity contribution in [2.24, 2.45) is 0 Å². The van der Waals surface area contributed by atoms with Gasteiger partial charge in [0.1, 0.15) is 24.8 Å². The molecule has 5 rings (SSSR count). The molecular formula is C28H27FN6O6S. The Balaban J connectivity index is 1.19. The number of rotatable bonds is 10. The van der Waals surface area contributed by atoms with E-state index < -0.39 is 17.5 Å². The van der Waals surface area contributed by atoms with Crippen LogP contribution in [0.25, 0.3) is 31.8 Å². The molecule has 0 spiro atoms. The Morgan fingerprint density at radius 2 is 1.81 bits per heavy atom. The number of nitrogens with one attached hydrogen (secondary N) is 1. The number of benzene rings is 2. The van der Waals surface area contributed by atoms with Crippen molar-refractivity contribution < 1.29 is 33.2 Å². The van der Waals surface area contributed by atoms with Gasteiger partial charge in [-0.15, -0.1) is 11.3 Å². The van der Waals surface area contributed by atoms with Gasteiger partial charge in [-0.3, -0.25) is 5.32 Å². The van der Waals surface area contributed by atoms with Crippen molar-refractivity contribution in [3.63, 3.8) is 0 Å². The van der Waals surface area contributed by atoms with E-state index in [-0.39, 0.29) is 37.3 Å². The first-order chi connectivity index (χ1) is 20.1. The van der Waals surface area contributed by atoms with E-state index in [0.29, 0.717) is 32.1 Å². The lowest BCUT2D eigenvalue weighted by Crippen LogP contribution is -2.28. The molecular weight excluding hydrogens is 567 g/mol. The fraction of sp³-hybridized carbons (Fsp3) is 0.286. The van der Waals surface area contributed by atoms with Crippen LogP contribution in [-0.2, 0) is 4.74 Å². The number of aliphatic hydroxyl groups is 1. The van der Waals surface area contributed by atoms with E-state index in [1.807, 2.05) is 19.1 Å². The highest BCUT2D eigenvalue weighted by Crippen LogP contribution is 2.37. The molecule has 14 heteroatoms. The maximum atomic E-state index is 14.8. The first kappa shape index (κ1) is 28.8. The largest absolute Gasteiger partial charge is 0.487 e. The van der Waals surface area contributed by atoms with Crippen LogP contribution in [0.4, 0.5) is 14.9 Å². The van der Waals surface area contributed by atoms with E-state index in [1.165, 1.54) is 36.9 Å². The van der Waals surface area contributed by atoms with Crippen molar-refractivity contribution in [3.8, 4) is 28.2 Å². The number of thiazole rings is 1. The fourth-order valence-corrected chi connectivity index (χ4v) is 4.79. The molecule has 0 aliphatic rings. The van der Waals surface area contributed by atoms with Gasteiger partial charge in [-0.1, -0.05) is 0 Å². The minimum absolute atomic E-state index is 0.00855. The molecule has 1 amide bonds. The second-order valence-electron chi connectivity index (χ2n) is 9.83. The van der Waals surface area contributed by atoms with E-state index >= 15 is 0 Å². The zero-order valence-corrected chi connectivity index (χ0v) is 24.0. The number of nitrogens with zero attached hydrogens (tertiary/aromatic N) is 5. The summed E-state index contributed by atoms with van der Waals surface area (Å²) in [6.45, 7) is 4.92. The van der Waals surface area contributed by atoms with Gasteiger partial charge in [0.2, 0.25) is 5.88 Å². The molecule has 42 heavy (non-hydrogen) atoms. The first-order valence-corrected chi connectivity index (χ1v) is 13.6. The fourth-order valence-electron chi connectivity index (χ4n) is 3.80. The second-order valence-corrected chi connectivity index (χ2v) is 10.9. The minimum Gasteiger partial charge on any atom is -0.487 e. The van der Waals surface area contributed by atoms with Crippen molar-refractivity contribution in [1.82, 2.24) is 24.9 Å². The molecule has 0 atom stereocenters. The molecule has 0 saturated heterocycles. The predicted octanol–water partition coefficient (Wildman–Crippen LogP) is 4.93. The molecule has 5 aromatic rings. The molecule has 2 N–H and O–H groups in total. The number of hydrogen-bond donors (Lipinski definition) is 2. The molecule has 0 saturated carbocycles. The summed E-state index contributed by atoms with van der Waals surface area (Å²) in [5.41, 5.74) is 2.81. The van der Waals surface area contributed by atoms with Crippen molar-refractivity contribution in [3.05, 3.63) is 54.2 Å². The summed E-state index contributed by atoms with van der Waals surface area (Å²) in [5.74, 6) is -0.173. The van der Waals surface area contributed by atoms with Crippen LogP contribution in [0, 0.1) is 12.7 Å². The topological polar surface area (TPSA) is 151 Å².